The summed E-state index contributed by atoms with van der Waals surface area (Å²) in [6, 6.07) is 4.85. The largest absolute Gasteiger partial charge is 0.399 e. The summed E-state index contributed by atoms with van der Waals surface area (Å²) in [7, 11) is 0. The van der Waals surface area contributed by atoms with E-state index in [0.717, 1.165) is 6.42 Å². The lowest BCUT2D eigenvalue weighted by molar-refractivity contribution is 0.0777. The van der Waals surface area contributed by atoms with Gasteiger partial charge in [-0.25, -0.2) is 0 Å². The maximum atomic E-state index is 12.2. The van der Waals surface area contributed by atoms with Crippen LogP contribution in [-0.4, -0.2) is 23.9 Å². The van der Waals surface area contributed by atoms with E-state index in [9.17, 15) is 4.79 Å². The average Bonchev–Trinajstić information content (AvgIpc) is 2.31. The van der Waals surface area contributed by atoms with Crippen molar-refractivity contribution in [2.24, 2.45) is 0 Å². The number of terminal acetylenes is 1. The number of nitrogens with two attached hydrogens (primary N) is 1. The van der Waals surface area contributed by atoms with E-state index in [-0.39, 0.29) is 12.5 Å². The summed E-state index contributed by atoms with van der Waals surface area (Å²) in [5.74, 6) is 2.29. The van der Waals surface area contributed by atoms with Crippen molar-refractivity contribution in [2.45, 2.75) is 13.3 Å². The number of nitrogens with zero attached hydrogens (tertiary/aromatic N) is 1. The molecule has 3 nitrogen and oxygen atoms in total. The molecule has 0 aliphatic rings. The number of carbonyl (C=O) groups is 1. The minimum atomic E-state index is -0.179. The van der Waals surface area contributed by atoms with Crippen LogP contribution in [0.15, 0.2) is 18.2 Å². The molecule has 0 saturated heterocycles. The lowest BCUT2D eigenvalue weighted by Crippen LogP contribution is -2.32. The van der Waals surface area contributed by atoms with Crippen molar-refractivity contribution in [3.8, 4) is 12.3 Å². The Labute approximate surface area is 107 Å². The van der Waals surface area contributed by atoms with Crippen molar-refractivity contribution >= 4 is 23.2 Å². The highest BCUT2D eigenvalue weighted by Crippen LogP contribution is 2.20. The zero-order valence-electron chi connectivity index (χ0n) is 9.74. The summed E-state index contributed by atoms with van der Waals surface area (Å²) < 4.78 is 0. The molecular weight excluding hydrogens is 236 g/mol. The normalized spacial score (nSPS) is 9.71. The van der Waals surface area contributed by atoms with Crippen LogP contribution in [0.3, 0.4) is 0 Å². The monoisotopic (exact) mass is 250 g/mol. The second-order valence-electron chi connectivity index (χ2n) is 3.67. The van der Waals surface area contributed by atoms with E-state index in [4.69, 9.17) is 23.8 Å². The summed E-state index contributed by atoms with van der Waals surface area (Å²) in [6.45, 7) is 2.86. The van der Waals surface area contributed by atoms with E-state index >= 15 is 0 Å². The smallest absolute Gasteiger partial charge is 0.256 e. The van der Waals surface area contributed by atoms with E-state index in [1.807, 2.05) is 6.92 Å². The van der Waals surface area contributed by atoms with Crippen molar-refractivity contribution in [3.05, 3.63) is 28.8 Å². The summed E-state index contributed by atoms with van der Waals surface area (Å²) in [5, 5.41) is 0.391. The molecule has 0 aromatic heterocycles. The number of hydrogen-bond donors (Lipinski definition) is 1. The van der Waals surface area contributed by atoms with Crippen LogP contribution in [0, 0.1) is 12.3 Å². The van der Waals surface area contributed by atoms with Gasteiger partial charge in [-0.2, -0.15) is 0 Å². The van der Waals surface area contributed by atoms with Gasteiger partial charge in [0.2, 0.25) is 0 Å². The predicted molar refractivity (Wildman–Crippen MR) is 70.9 cm³/mol. The van der Waals surface area contributed by atoms with Crippen LogP contribution in [0.5, 0.6) is 0 Å². The summed E-state index contributed by atoms with van der Waals surface area (Å²) in [5.41, 5.74) is 6.55. The number of benzene rings is 1. The van der Waals surface area contributed by atoms with Gasteiger partial charge in [0.25, 0.3) is 5.91 Å². The van der Waals surface area contributed by atoms with E-state index in [1.165, 1.54) is 0 Å². The topological polar surface area (TPSA) is 46.3 Å². The Morgan fingerprint density at radius 3 is 2.88 bits per heavy atom. The highest BCUT2D eigenvalue weighted by atomic mass is 35.5. The van der Waals surface area contributed by atoms with E-state index in [2.05, 4.69) is 5.92 Å². The number of amides is 1. The third-order valence-corrected chi connectivity index (χ3v) is 2.61. The molecule has 90 valence electrons. The minimum Gasteiger partial charge on any atom is -0.399 e. The lowest BCUT2D eigenvalue weighted by Gasteiger charge is -2.20. The van der Waals surface area contributed by atoms with Gasteiger partial charge in [0.15, 0.2) is 0 Å². The lowest BCUT2D eigenvalue weighted by atomic mass is 10.1. The maximum Gasteiger partial charge on any atom is 0.256 e. The SMILES string of the molecule is C#CCN(CCC)C(=O)c1cc(N)ccc1Cl. The van der Waals surface area contributed by atoms with Crippen LogP contribution in [0.4, 0.5) is 5.69 Å². The number of rotatable bonds is 4. The Kier molecular flexibility index (Phi) is 4.86. The summed E-state index contributed by atoms with van der Waals surface area (Å²) >= 11 is 5.98. The average molecular weight is 251 g/mol. The van der Waals surface area contributed by atoms with Gasteiger partial charge in [-0.3, -0.25) is 4.79 Å². The fourth-order valence-electron chi connectivity index (χ4n) is 1.51. The van der Waals surface area contributed by atoms with Gasteiger partial charge in [0.1, 0.15) is 0 Å². The van der Waals surface area contributed by atoms with Gasteiger partial charge < -0.3 is 10.6 Å². The molecule has 0 radical (unpaired) electrons. The quantitative estimate of drug-likeness (QED) is 0.659. The van der Waals surface area contributed by atoms with Gasteiger partial charge >= 0.3 is 0 Å². The first-order chi connectivity index (χ1) is 8.10. The molecule has 1 rings (SSSR count). The number of hydrogen-bond acceptors (Lipinski definition) is 2. The molecule has 1 aromatic rings. The van der Waals surface area contributed by atoms with Gasteiger partial charge in [0.05, 0.1) is 17.1 Å². The number of anilines is 1. The molecule has 0 unspecified atom stereocenters. The van der Waals surface area contributed by atoms with E-state index in [1.54, 1.807) is 23.1 Å². The van der Waals surface area contributed by atoms with E-state index < -0.39 is 0 Å². The molecule has 2 N–H and O–H groups in total. The molecule has 17 heavy (non-hydrogen) atoms. The second kappa shape index (κ2) is 6.17. The van der Waals surface area contributed by atoms with Crippen LogP contribution in [0.25, 0.3) is 0 Å². The van der Waals surface area contributed by atoms with Crippen molar-refractivity contribution in [2.75, 3.05) is 18.8 Å². The van der Waals surface area contributed by atoms with E-state index in [0.29, 0.717) is 22.8 Å². The second-order valence-corrected chi connectivity index (χ2v) is 4.08. The number of nitrogen functional groups attached to an aromatic ring is 1. The standard InChI is InChI=1S/C13H15ClN2O/c1-3-7-16(8-4-2)13(17)11-9-10(15)5-6-12(11)14/h1,5-6,9H,4,7-8,15H2,2H3. The first-order valence-corrected chi connectivity index (χ1v) is 5.75. The molecule has 4 heteroatoms. The van der Waals surface area contributed by atoms with Gasteiger partial charge in [-0.05, 0) is 24.6 Å². The third-order valence-electron chi connectivity index (χ3n) is 2.28. The third kappa shape index (κ3) is 3.40. The Morgan fingerprint density at radius 2 is 2.29 bits per heavy atom. The van der Waals surface area contributed by atoms with Crippen molar-refractivity contribution in [1.82, 2.24) is 4.90 Å². The van der Waals surface area contributed by atoms with Crippen LogP contribution in [-0.2, 0) is 0 Å². The molecular formula is C13H15ClN2O. The molecule has 0 heterocycles. The molecule has 0 aliphatic heterocycles. The maximum absolute atomic E-state index is 12.2. The fraction of sp³-hybridized carbons (Fsp3) is 0.308. The fourth-order valence-corrected chi connectivity index (χ4v) is 1.71. The van der Waals surface area contributed by atoms with Crippen LogP contribution in [0.1, 0.15) is 23.7 Å². The Morgan fingerprint density at radius 1 is 1.59 bits per heavy atom. The molecule has 0 bridgehead atoms. The zero-order valence-corrected chi connectivity index (χ0v) is 10.5. The summed E-state index contributed by atoms with van der Waals surface area (Å²) in [6.07, 6.45) is 6.08. The highest BCUT2D eigenvalue weighted by molar-refractivity contribution is 6.34. The molecule has 0 aliphatic carbocycles. The minimum absolute atomic E-state index is 0.179. The number of halogens is 1. The van der Waals surface area contributed by atoms with Gasteiger partial charge in [-0.1, -0.05) is 24.4 Å². The molecule has 0 atom stereocenters. The van der Waals surface area contributed by atoms with Crippen molar-refractivity contribution in [3.63, 3.8) is 0 Å². The molecule has 0 saturated carbocycles. The van der Waals surface area contributed by atoms with Crippen molar-refractivity contribution in [1.29, 1.82) is 0 Å². The Bertz CT molecular complexity index is 451. The first-order valence-electron chi connectivity index (χ1n) is 5.38. The van der Waals surface area contributed by atoms with Crippen LogP contribution in [0.2, 0.25) is 5.02 Å². The molecule has 0 fully saturated rings. The van der Waals surface area contributed by atoms with Gasteiger partial charge in [0, 0.05) is 12.2 Å². The van der Waals surface area contributed by atoms with Gasteiger partial charge in [-0.15, -0.1) is 6.42 Å². The highest BCUT2D eigenvalue weighted by Gasteiger charge is 2.17. The first kappa shape index (κ1) is 13.4. The predicted octanol–water partition coefficient (Wildman–Crippen LogP) is 2.41. The number of carbonyl (C=O) groups excluding carboxylic acids is 1. The molecule has 1 aromatic carbocycles. The molecule has 0 spiro atoms. The Hall–Kier alpha value is -1.66. The zero-order chi connectivity index (χ0) is 12.8. The van der Waals surface area contributed by atoms with Crippen LogP contribution < -0.4 is 5.73 Å². The van der Waals surface area contributed by atoms with Crippen LogP contribution >= 0.6 is 11.6 Å². The molecule has 1 amide bonds. The Balaban J connectivity index is 3.00. The summed E-state index contributed by atoms with van der Waals surface area (Å²) in [4.78, 5) is 13.8. The van der Waals surface area contributed by atoms with Crippen molar-refractivity contribution < 1.29 is 4.79 Å².